The van der Waals surface area contributed by atoms with Gasteiger partial charge in [0.25, 0.3) is 5.91 Å². The molecule has 0 saturated heterocycles. The van der Waals surface area contributed by atoms with E-state index in [0.29, 0.717) is 5.75 Å². The molecule has 0 aliphatic rings. The highest BCUT2D eigenvalue weighted by Gasteiger charge is 2.29. The zero-order chi connectivity index (χ0) is 14.6. The Morgan fingerprint density at radius 2 is 2.10 bits per heavy atom. The molecule has 1 rings (SSSR count). The molecule has 0 aliphatic heterocycles. The molecule has 0 heterocycles. The standard InChI is InChI=1S/C14H21FN2O2.ClH/c1-9(2)14(3,8-16)17-13(18)11-6-5-10(19-4)7-12(11)15;/h5-7,9H,8,16H2,1-4H3,(H,17,18);1H. The van der Waals surface area contributed by atoms with Crippen molar-refractivity contribution in [3.05, 3.63) is 29.6 Å². The molecule has 0 aromatic heterocycles. The van der Waals surface area contributed by atoms with Gasteiger partial charge in [-0.2, -0.15) is 0 Å². The van der Waals surface area contributed by atoms with E-state index in [4.69, 9.17) is 10.5 Å². The molecule has 1 unspecified atom stereocenters. The van der Waals surface area contributed by atoms with Gasteiger partial charge in [0.15, 0.2) is 0 Å². The first-order valence-corrected chi connectivity index (χ1v) is 6.20. The maximum atomic E-state index is 13.8. The normalized spacial score (nSPS) is 13.3. The Bertz CT molecular complexity index is 468. The summed E-state index contributed by atoms with van der Waals surface area (Å²) in [4.78, 5) is 12.1. The Hall–Kier alpha value is -1.33. The molecule has 1 aromatic rings. The molecule has 4 nitrogen and oxygen atoms in total. The van der Waals surface area contributed by atoms with E-state index in [-0.39, 0.29) is 30.4 Å². The molecular weight excluding hydrogens is 283 g/mol. The second kappa shape index (κ2) is 7.45. The molecule has 0 spiro atoms. The number of benzene rings is 1. The number of hydrogen-bond donors (Lipinski definition) is 2. The smallest absolute Gasteiger partial charge is 0.254 e. The minimum atomic E-state index is -0.611. The molecule has 1 amide bonds. The molecule has 0 saturated carbocycles. The number of nitrogens with one attached hydrogen (secondary N) is 1. The molecule has 6 heteroatoms. The Labute approximate surface area is 125 Å². The summed E-state index contributed by atoms with van der Waals surface area (Å²) in [5.74, 6) is -0.566. The van der Waals surface area contributed by atoms with Gasteiger partial charge < -0.3 is 15.8 Å². The largest absolute Gasteiger partial charge is 0.497 e. The van der Waals surface area contributed by atoms with Gasteiger partial charge in [0.1, 0.15) is 11.6 Å². The fourth-order valence-electron chi connectivity index (χ4n) is 1.56. The van der Waals surface area contributed by atoms with Gasteiger partial charge in [0.05, 0.1) is 18.2 Å². The van der Waals surface area contributed by atoms with Crippen molar-refractivity contribution < 1.29 is 13.9 Å². The lowest BCUT2D eigenvalue weighted by Crippen LogP contribution is -2.55. The summed E-state index contributed by atoms with van der Waals surface area (Å²) in [7, 11) is 1.44. The molecule has 1 aromatic carbocycles. The second-order valence-corrected chi connectivity index (χ2v) is 5.08. The highest BCUT2D eigenvalue weighted by atomic mass is 35.5. The lowest BCUT2D eigenvalue weighted by Gasteiger charge is -2.33. The van der Waals surface area contributed by atoms with Crippen LogP contribution in [-0.4, -0.2) is 25.1 Å². The highest BCUT2D eigenvalue weighted by molar-refractivity contribution is 5.95. The van der Waals surface area contributed by atoms with Crippen LogP contribution < -0.4 is 15.8 Å². The van der Waals surface area contributed by atoms with E-state index in [2.05, 4.69) is 5.32 Å². The van der Waals surface area contributed by atoms with Crippen LogP contribution in [0.3, 0.4) is 0 Å². The van der Waals surface area contributed by atoms with Gasteiger partial charge in [-0.3, -0.25) is 4.79 Å². The van der Waals surface area contributed by atoms with Crippen LogP contribution >= 0.6 is 12.4 Å². The van der Waals surface area contributed by atoms with Crippen LogP contribution in [0.1, 0.15) is 31.1 Å². The number of halogens is 2. The number of carbonyl (C=O) groups is 1. The Kier molecular flexibility index (Phi) is 6.96. The molecule has 20 heavy (non-hydrogen) atoms. The van der Waals surface area contributed by atoms with Crippen molar-refractivity contribution in [2.75, 3.05) is 13.7 Å². The highest BCUT2D eigenvalue weighted by Crippen LogP contribution is 2.19. The van der Waals surface area contributed by atoms with Gasteiger partial charge >= 0.3 is 0 Å². The number of ether oxygens (including phenoxy) is 1. The van der Waals surface area contributed by atoms with Crippen molar-refractivity contribution in [1.82, 2.24) is 5.32 Å². The monoisotopic (exact) mass is 304 g/mol. The Morgan fingerprint density at radius 1 is 1.50 bits per heavy atom. The quantitative estimate of drug-likeness (QED) is 0.877. The van der Waals surface area contributed by atoms with Gasteiger partial charge in [-0.1, -0.05) is 13.8 Å². The molecule has 1 atom stereocenters. The fraction of sp³-hybridized carbons (Fsp3) is 0.500. The van der Waals surface area contributed by atoms with Crippen molar-refractivity contribution in [1.29, 1.82) is 0 Å². The van der Waals surface area contributed by atoms with Crippen LogP contribution in [-0.2, 0) is 0 Å². The van der Waals surface area contributed by atoms with Crippen molar-refractivity contribution >= 4 is 18.3 Å². The summed E-state index contributed by atoms with van der Waals surface area (Å²) < 4.78 is 18.7. The van der Waals surface area contributed by atoms with Crippen molar-refractivity contribution in [3.63, 3.8) is 0 Å². The third-order valence-corrected chi connectivity index (χ3v) is 3.52. The first-order chi connectivity index (χ1) is 8.84. The molecule has 114 valence electrons. The van der Waals surface area contributed by atoms with Crippen LogP contribution in [0.4, 0.5) is 4.39 Å². The first-order valence-electron chi connectivity index (χ1n) is 6.20. The number of hydrogen-bond acceptors (Lipinski definition) is 3. The maximum Gasteiger partial charge on any atom is 0.254 e. The summed E-state index contributed by atoms with van der Waals surface area (Å²) in [6.45, 7) is 6.04. The third-order valence-electron chi connectivity index (χ3n) is 3.52. The van der Waals surface area contributed by atoms with E-state index in [0.717, 1.165) is 0 Å². The van der Waals surface area contributed by atoms with Gasteiger partial charge in [-0.05, 0) is 25.0 Å². The van der Waals surface area contributed by atoms with Gasteiger partial charge in [0, 0.05) is 12.6 Å². The number of rotatable bonds is 5. The summed E-state index contributed by atoms with van der Waals surface area (Å²) in [5, 5.41) is 2.79. The van der Waals surface area contributed by atoms with Gasteiger partial charge in [-0.15, -0.1) is 12.4 Å². The Morgan fingerprint density at radius 3 is 2.50 bits per heavy atom. The minimum absolute atomic E-state index is 0. The number of nitrogens with two attached hydrogens (primary N) is 1. The number of carbonyl (C=O) groups excluding carboxylic acids is 1. The summed E-state index contributed by atoms with van der Waals surface area (Å²) in [6.07, 6.45) is 0. The van der Waals surface area contributed by atoms with Crippen LogP contribution in [0.15, 0.2) is 18.2 Å². The minimum Gasteiger partial charge on any atom is -0.497 e. The molecule has 3 N–H and O–H groups in total. The number of amides is 1. The third kappa shape index (κ3) is 4.08. The number of methoxy groups -OCH3 is 1. The molecule has 0 aliphatic carbocycles. The SMILES string of the molecule is COc1ccc(C(=O)NC(C)(CN)C(C)C)c(F)c1.Cl. The molecule has 0 bridgehead atoms. The fourth-order valence-corrected chi connectivity index (χ4v) is 1.56. The van der Waals surface area contributed by atoms with E-state index in [1.165, 1.54) is 19.2 Å². The Balaban J connectivity index is 0.00000361. The molecule has 0 radical (unpaired) electrons. The van der Waals surface area contributed by atoms with Crippen LogP contribution in [0.25, 0.3) is 0 Å². The van der Waals surface area contributed by atoms with Crippen molar-refractivity contribution in [2.24, 2.45) is 11.7 Å². The van der Waals surface area contributed by atoms with E-state index >= 15 is 0 Å². The summed E-state index contributed by atoms with van der Waals surface area (Å²) in [6, 6.07) is 4.14. The zero-order valence-corrected chi connectivity index (χ0v) is 13.0. The molecule has 0 fully saturated rings. The lowest BCUT2D eigenvalue weighted by atomic mass is 9.88. The lowest BCUT2D eigenvalue weighted by molar-refractivity contribution is 0.0879. The first kappa shape index (κ1) is 18.7. The van der Waals surface area contributed by atoms with Crippen LogP contribution in [0, 0.1) is 11.7 Å². The van der Waals surface area contributed by atoms with Crippen LogP contribution in [0.2, 0.25) is 0 Å². The van der Waals surface area contributed by atoms with Crippen LogP contribution in [0.5, 0.6) is 5.75 Å². The van der Waals surface area contributed by atoms with Gasteiger partial charge in [-0.25, -0.2) is 4.39 Å². The topological polar surface area (TPSA) is 64.3 Å². The maximum absolute atomic E-state index is 13.8. The predicted molar refractivity (Wildman–Crippen MR) is 80.0 cm³/mol. The second-order valence-electron chi connectivity index (χ2n) is 5.08. The van der Waals surface area contributed by atoms with E-state index < -0.39 is 17.3 Å². The predicted octanol–water partition coefficient (Wildman–Crippen LogP) is 2.36. The summed E-state index contributed by atoms with van der Waals surface area (Å²) >= 11 is 0. The average Bonchev–Trinajstić information content (AvgIpc) is 2.37. The van der Waals surface area contributed by atoms with Crippen molar-refractivity contribution in [3.8, 4) is 5.75 Å². The van der Waals surface area contributed by atoms with E-state index in [1.807, 2.05) is 20.8 Å². The van der Waals surface area contributed by atoms with E-state index in [9.17, 15) is 9.18 Å². The summed E-state index contributed by atoms with van der Waals surface area (Å²) in [5.41, 5.74) is 5.11. The average molecular weight is 305 g/mol. The zero-order valence-electron chi connectivity index (χ0n) is 12.2. The van der Waals surface area contributed by atoms with Gasteiger partial charge in [0.2, 0.25) is 0 Å². The van der Waals surface area contributed by atoms with E-state index in [1.54, 1.807) is 6.07 Å². The van der Waals surface area contributed by atoms with Crippen molar-refractivity contribution in [2.45, 2.75) is 26.3 Å². The molecular formula is C14H22ClFN2O2.